The summed E-state index contributed by atoms with van der Waals surface area (Å²) in [5.74, 6) is -0.615. The number of amides is 1. The van der Waals surface area contributed by atoms with Crippen molar-refractivity contribution in [1.82, 2.24) is 4.98 Å². The van der Waals surface area contributed by atoms with Gasteiger partial charge < -0.3 is 10.1 Å². The zero-order valence-electron chi connectivity index (χ0n) is 15.0. The Kier molecular flexibility index (Phi) is 4.87. The average molecular weight is 388 g/mol. The summed E-state index contributed by atoms with van der Waals surface area (Å²) in [6, 6.07) is 18.0. The van der Waals surface area contributed by atoms with Crippen LogP contribution in [0.15, 0.2) is 72.2 Å². The number of nitrogens with zero attached hydrogens (tertiary/aromatic N) is 1. The quantitative estimate of drug-likeness (QED) is 0.391. The highest BCUT2D eigenvalue weighted by atomic mass is 32.1. The fourth-order valence-corrected chi connectivity index (χ4v) is 3.55. The number of carbonyl (C=O) groups excluding carboxylic acids is 2. The lowest BCUT2D eigenvalue weighted by Crippen LogP contribution is -2.17. The van der Waals surface area contributed by atoms with E-state index in [9.17, 15) is 9.59 Å². The van der Waals surface area contributed by atoms with Gasteiger partial charge in [0.1, 0.15) is 10.6 Å². The van der Waals surface area contributed by atoms with E-state index in [1.807, 2.05) is 24.3 Å². The van der Waals surface area contributed by atoms with Gasteiger partial charge in [0.15, 0.2) is 0 Å². The third-order valence-corrected chi connectivity index (χ3v) is 5.12. The summed E-state index contributed by atoms with van der Waals surface area (Å²) in [5.41, 5.74) is 2.33. The van der Waals surface area contributed by atoms with Crippen LogP contribution < -0.4 is 10.1 Å². The zero-order chi connectivity index (χ0) is 19.5. The van der Waals surface area contributed by atoms with Crippen LogP contribution in [0.3, 0.4) is 0 Å². The first-order valence-corrected chi connectivity index (χ1v) is 9.52. The molecule has 0 radical (unpaired) electrons. The lowest BCUT2D eigenvalue weighted by molar-refractivity contribution is 0.0738. The van der Waals surface area contributed by atoms with Crippen molar-refractivity contribution in [1.29, 1.82) is 0 Å². The number of thiophene rings is 1. The number of ether oxygens (including phenoxy) is 1. The lowest BCUT2D eigenvalue weighted by Gasteiger charge is -2.13. The predicted molar refractivity (Wildman–Crippen MR) is 110 cm³/mol. The van der Waals surface area contributed by atoms with Gasteiger partial charge in [-0.2, -0.15) is 0 Å². The SMILES string of the molecule is Cc1cccc(OC(=O)c2cccs2)c1C(=O)Nc1cccc2cccnc12. The Hall–Kier alpha value is -3.51. The minimum Gasteiger partial charge on any atom is -0.421 e. The van der Waals surface area contributed by atoms with Crippen LogP contribution in [0, 0.1) is 6.92 Å². The maximum atomic E-state index is 13.0. The van der Waals surface area contributed by atoms with Crippen LogP contribution in [0.2, 0.25) is 0 Å². The summed E-state index contributed by atoms with van der Waals surface area (Å²) in [6.07, 6.45) is 1.68. The molecule has 0 unspecified atom stereocenters. The number of benzene rings is 2. The van der Waals surface area contributed by atoms with Gasteiger partial charge in [0.25, 0.3) is 5.91 Å². The van der Waals surface area contributed by atoms with Gasteiger partial charge >= 0.3 is 5.97 Å². The number of hydrogen-bond donors (Lipinski definition) is 1. The Morgan fingerprint density at radius 3 is 2.64 bits per heavy atom. The van der Waals surface area contributed by atoms with Gasteiger partial charge in [-0.1, -0.05) is 36.4 Å². The van der Waals surface area contributed by atoms with E-state index >= 15 is 0 Å². The van der Waals surface area contributed by atoms with Crippen molar-refractivity contribution in [2.24, 2.45) is 0 Å². The van der Waals surface area contributed by atoms with E-state index in [4.69, 9.17) is 4.74 Å². The fourth-order valence-electron chi connectivity index (χ4n) is 2.95. The predicted octanol–water partition coefficient (Wildman–Crippen LogP) is 5.08. The third kappa shape index (κ3) is 3.50. The van der Waals surface area contributed by atoms with Gasteiger partial charge in [-0.3, -0.25) is 9.78 Å². The minimum absolute atomic E-state index is 0.226. The first kappa shape index (κ1) is 17.9. The van der Waals surface area contributed by atoms with Crippen LogP contribution in [0.1, 0.15) is 25.6 Å². The molecule has 2 heterocycles. The molecule has 5 nitrogen and oxygen atoms in total. The Labute approximate surface area is 165 Å². The average Bonchev–Trinajstić information content (AvgIpc) is 3.23. The molecule has 0 atom stereocenters. The number of hydrogen-bond acceptors (Lipinski definition) is 5. The summed E-state index contributed by atoms with van der Waals surface area (Å²) < 4.78 is 5.51. The molecule has 4 rings (SSSR count). The van der Waals surface area contributed by atoms with E-state index in [1.54, 1.807) is 54.9 Å². The van der Waals surface area contributed by atoms with Gasteiger partial charge in [-0.25, -0.2) is 4.79 Å². The number of esters is 1. The number of anilines is 1. The molecule has 1 amide bonds. The molecule has 0 spiro atoms. The summed E-state index contributed by atoms with van der Waals surface area (Å²) in [6.45, 7) is 1.80. The first-order chi connectivity index (χ1) is 13.6. The van der Waals surface area contributed by atoms with Crippen LogP contribution >= 0.6 is 11.3 Å². The standard InChI is InChI=1S/C22H16N2O3S/c1-14-6-2-10-17(27-22(26)18-11-5-13-28-18)19(14)21(25)24-16-9-3-7-15-8-4-12-23-20(15)16/h2-13H,1H3,(H,24,25). The largest absolute Gasteiger partial charge is 0.421 e. The second-order valence-corrected chi connectivity index (χ2v) is 7.10. The molecule has 0 saturated heterocycles. The molecule has 0 aliphatic rings. The summed E-state index contributed by atoms with van der Waals surface area (Å²) in [5, 5.41) is 5.63. The Morgan fingerprint density at radius 2 is 1.82 bits per heavy atom. The number of fused-ring (bicyclic) bond motifs is 1. The minimum atomic E-state index is -0.485. The van der Waals surface area contributed by atoms with E-state index in [2.05, 4.69) is 10.3 Å². The number of pyridine rings is 1. The van der Waals surface area contributed by atoms with E-state index in [0.717, 1.165) is 5.39 Å². The number of nitrogens with one attached hydrogen (secondary N) is 1. The van der Waals surface area contributed by atoms with Crippen molar-refractivity contribution < 1.29 is 14.3 Å². The number of carbonyl (C=O) groups is 2. The maximum Gasteiger partial charge on any atom is 0.353 e. The molecular formula is C22H16N2O3S. The molecule has 0 fully saturated rings. The second kappa shape index (κ2) is 7.62. The molecule has 0 saturated carbocycles. The molecule has 138 valence electrons. The molecular weight excluding hydrogens is 372 g/mol. The lowest BCUT2D eigenvalue weighted by atomic mass is 10.1. The van der Waals surface area contributed by atoms with E-state index in [1.165, 1.54) is 11.3 Å². The van der Waals surface area contributed by atoms with E-state index < -0.39 is 5.97 Å². The number of rotatable bonds is 4. The van der Waals surface area contributed by atoms with Crippen LogP contribution in [0.4, 0.5) is 5.69 Å². The summed E-state index contributed by atoms with van der Waals surface area (Å²) in [4.78, 5) is 30.2. The van der Waals surface area contributed by atoms with Crippen molar-refractivity contribution in [2.75, 3.05) is 5.32 Å². The number of aryl methyl sites for hydroxylation is 1. The Bertz CT molecular complexity index is 1160. The molecule has 2 aromatic heterocycles. The first-order valence-electron chi connectivity index (χ1n) is 8.64. The van der Waals surface area contributed by atoms with Gasteiger partial charge in [0.05, 0.1) is 16.8 Å². The molecule has 28 heavy (non-hydrogen) atoms. The Balaban J connectivity index is 1.66. The molecule has 0 aliphatic heterocycles. The third-order valence-electron chi connectivity index (χ3n) is 4.27. The highest BCUT2D eigenvalue weighted by Crippen LogP contribution is 2.27. The molecule has 1 N–H and O–H groups in total. The van der Waals surface area contributed by atoms with Crippen LogP contribution in [0.5, 0.6) is 5.75 Å². The topological polar surface area (TPSA) is 68.3 Å². The van der Waals surface area contributed by atoms with Crippen molar-refractivity contribution in [3.8, 4) is 5.75 Å². The summed E-state index contributed by atoms with van der Waals surface area (Å²) in [7, 11) is 0. The normalized spacial score (nSPS) is 10.6. The van der Waals surface area contributed by atoms with E-state index in [-0.39, 0.29) is 11.7 Å². The molecule has 0 aliphatic carbocycles. The van der Waals surface area contributed by atoms with Crippen molar-refractivity contribution in [3.63, 3.8) is 0 Å². The van der Waals surface area contributed by atoms with Gasteiger partial charge in [-0.15, -0.1) is 11.3 Å². The zero-order valence-corrected chi connectivity index (χ0v) is 15.8. The van der Waals surface area contributed by atoms with Crippen LogP contribution in [-0.2, 0) is 0 Å². The molecule has 2 aromatic carbocycles. The van der Waals surface area contributed by atoms with E-state index in [0.29, 0.717) is 27.2 Å². The van der Waals surface area contributed by atoms with Gasteiger partial charge in [0, 0.05) is 11.6 Å². The fraction of sp³-hybridized carbons (Fsp3) is 0.0455. The van der Waals surface area contributed by atoms with Crippen molar-refractivity contribution >= 4 is 39.8 Å². The summed E-state index contributed by atoms with van der Waals surface area (Å²) >= 11 is 1.29. The van der Waals surface area contributed by atoms with Crippen molar-refractivity contribution in [3.05, 3.63) is 88.2 Å². The Morgan fingerprint density at radius 1 is 1.00 bits per heavy atom. The van der Waals surface area contributed by atoms with Crippen LogP contribution in [0.25, 0.3) is 10.9 Å². The van der Waals surface area contributed by atoms with Crippen molar-refractivity contribution in [2.45, 2.75) is 6.92 Å². The van der Waals surface area contributed by atoms with Gasteiger partial charge in [-0.05, 0) is 42.1 Å². The molecule has 4 aromatic rings. The van der Waals surface area contributed by atoms with Gasteiger partial charge in [0.2, 0.25) is 0 Å². The highest BCUT2D eigenvalue weighted by molar-refractivity contribution is 7.12. The number of para-hydroxylation sites is 1. The number of aromatic nitrogens is 1. The smallest absolute Gasteiger partial charge is 0.353 e. The van der Waals surface area contributed by atoms with Crippen LogP contribution in [-0.4, -0.2) is 16.9 Å². The highest BCUT2D eigenvalue weighted by Gasteiger charge is 2.20. The molecule has 0 bridgehead atoms. The maximum absolute atomic E-state index is 13.0. The second-order valence-electron chi connectivity index (χ2n) is 6.15. The molecule has 6 heteroatoms. The monoisotopic (exact) mass is 388 g/mol.